The Morgan fingerprint density at radius 2 is 0.458 bits per heavy atom. The molecule has 426 valence electrons. The highest BCUT2D eigenvalue weighted by atomic mass is 16.6. The number of esters is 3. The summed E-state index contributed by atoms with van der Waals surface area (Å²) in [7, 11) is 0. The summed E-state index contributed by atoms with van der Waals surface area (Å²) >= 11 is 0. The van der Waals surface area contributed by atoms with Gasteiger partial charge in [-0.15, -0.1) is 0 Å². The number of hydrogen-bond donors (Lipinski definition) is 0. The zero-order chi connectivity index (χ0) is 52.2. The highest BCUT2D eigenvalue weighted by Gasteiger charge is 2.19. The fourth-order valence-corrected chi connectivity index (χ4v) is 10.1. The number of unbranched alkanes of at least 4 members (excludes halogenated alkanes) is 48. The van der Waals surface area contributed by atoms with Crippen molar-refractivity contribution in [2.75, 3.05) is 13.2 Å². The van der Waals surface area contributed by atoms with E-state index < -0.39 is 6.10 Å². The normalized spacial score (nSPS) is 12.0. The van der Waals surface area contributed by atoms with E-state index in [2.05, 4.69) is 32.9 Å². The van der Waals surface area contributed by atoms with Crippen molar-refractivity contribution in [3.05, 3.63) is 12.2 Å². The molecule has 0 aliphatic rings. The summed E-state index contributed by atoms with van der Waals surface area (Å²) in [6.45, 7) is 6.72. The van der Waals surface area contributed by atoms with Gasteiger partial charge in [0.25, 0.3) is 0 Å². The second-order valence-electron chi connectivity index (χ2n) is 22.4. The van der Waals surface area contributed by atoms with Gasteiger partial charge in [-0.2, -0.15) is 0 Å². The minimum Gasteiger partial charge on any atom is -0.462 e. The van der Waals surface area contributed by atoms with Crippen molar-refractivity contribution >= 4 is 17.9 Å². The Morgan fingerprint density at radius 1 is 0.264 bits per heavy atom. The number of carbonyl (C=O) groups is 3. The van der Waals surface area contributed by atoms with Crippen molar-refractivity contribution in [2.24, 2.45) is 0 Å². The van der Waals surface area contributed by atoms with E-state index in [4.69, 9.17) is 14.2 Å². The molecule has 0 amide bonds. The van der Waals surface area contributed by atoms with E-state index in [1.165, 1.54) is 276 Å². The largest absolute Gasteiger partial charge is 0.462 e. The number of carbonyl (C=O) groups excluding carboxylic acids is 3. The van der Waals surface area contributed by atoms with Gasteiger partial charge in [0.15, 0.2) is 6.10 Å². The van der Waals surface area contributed by atoms with Crippen molar-refractivity contribution in [3.8, 4) is 0 Å². The third-order valence-electron chi connectivity index (χ3n) is 15.0. The van der Waals surface area contributed by atoms with E-state index >= 15 is 0 Å². The van der Waals surface area contributed by atoms with Gasteiger partial charge in [-0.3, -0.25) is 14.4 Å². The number of rotatable bonds is 61. The smallest absolute Gasteiger partial charge is 0.306 e. The fraction of sp³-hybridized carbons (Fsp3) is 0.924. The first-order valence-electron chi connectivity index (χ1n) is 32.7. The minimum atomic E-state index is -0.765. The Balaban J connectivity index is 4.24. The quantitative estimate of drug-likeness (QED) is 0.0261. The molecule has 0 aromatic rings. The van der Waals surface area contributed by atoms with Crippen molar-refractivity contribution in [3.63, 3.8) is 0 Å². The van der Waals surface area contributed by atoms with Gasteiger partial charge in [0.1, 0.15) is 13.2 Å². The van der Waals surface area contributed by atoms with Gasteiger partial charge < -0.3 is 14.2 Å². The Labute approximate surface area is 450 Å². The maximum absolute atomic E-state index is 12.9. The molecule has 72 heavy (non-hydrogen) atoms. The molecule has 6 heteroatoms. The van der Waals surface area contributed by atoms with Crippen LogP contribution in [-0.2, 0) is 28.6 Å². The van der Waals surface area contributed by atoms with E-state index in [9.17, 15) is 14.4 Å². The molecule has 0 radical (unpaired) electrons. The van der Waals surface area contributed by atoms with Gasteiger partial charge in [-0.25, -0.2) is 0 Å². The Kier molecular flexibility index (Phi) is 60.1. The van der Waals surface area contributed by atoms with E-state index in [0.717, 1.165) is 57.8 Å². The lowest BCUT2D eigenvalue weighted by molar-refractivity contribution is -0.167. The van der Waals surface area contributed by atoms with Crippen molar-refractivity contribution < 1.29 is 28.6 Å². The standard InChI is InChI=1S/C66H126O6/c1-4-7-10-13-16-19-22-25-27-29-31-32-33-34-35-37-38-41-44-47-50-53-56-59-65(68)71-62-63(61-70-64(67)58-55-52-49-46-43-40-24-21-18-15-12-9-6-3)72-66(69)60-57-54-51-48-45-42-39-36-30-28-26-23-20-17-14-11-8-5-2/h29,31,63H,4-28,30,32-62H2,1-3H3/b31-29-. The molecular formula is C66H126O6. The predicted molar refractivity (Wildman–Crippen MR) is 312 cm³/mol. The van der Waals surface area contributed by atoms with E-state index in [0.29, 0.717) is 19.3 Å². The lowest BCUT2D eigenvalue weighted by atomic mass is 10.0. The monoisotopic (exact) mass is 1010 g/mol. The summed E-state index contributed by atoms with van der Waals surface area (Å²) in [6, 6.07) is 0. The first-order chi connectivity index (χ1) is 35.5. The molecular weight excluding hydrogens is 889 g/mol. The average Bonchev–Trinajstić information content (AvgIpc) is 3.38. The Morgan fingerprint density at radius 3 is 0.694 bits per heavy atom. The maximum Gasteiger partial charge on any atom is 0.306 e. The topological polar surface area (TPSA) is 78.9 Å². The molecule has 0 aliphatic heterocycles. The minimum absolute atomic E-state index is 0.0633. The van der Waals surface area contributed by atoms with E-state index in [-0.39, 0.29) is 31.1 Å². The lowest BCUT2D eigenvalue weighted by Crippen LogP contribution is -2.30. The third kappa shape index (κ3) is 59.0. The second-order valence-corrected chi connectivity index (χ2v) is 22.4. The average molecular weight is 1020 g/mol. The molecule has 6 nitrogen and oxygen atoms in total. The number of allylic oxidation sites excluding steroid dienone is 2. The molecule has 1 unspecified atom stereocenters. The molecule has 0 fully saturated rings. The molecule has 0 aromatic carbocycles. The van der Waals surface area contributed by atoms with Crippen LogP contribution in [-0.4, -0.2) is 37.2 Å². The number of hydrogen-bond acceptors (Lipinski definition) is 6. The van der Waals surface area contributed by atoms with Crippen LogP contribution in [0.25, 0.3) is 0 Å². The van der Waals surface area contributed by atoms with E-state index in [1.54, 1.807) is 0 Å². The maximum atomic E-state index is 12.9. The van der Waals surface area contributed by atoms with Gasteiger partial charge in [0.2, 0.25) is 0 Å². The van der Waals surface area contributed by atoms with Crippen LogP contribution in [0.15, 0.2) is 12.2 Å². The summed E-state index contributed by atoms with van der Waals surface area (Å²) in [5.74, 6) is -0.833. The van der Waals surface area contributed by atoms with Crippen molar-refractivity contribution in [1.82, 2.24) is 0 Å². The van der Waals surface area contributed by atoms with Crippen LogP contribution in [0.3, 0.4) is 0 Å². The first-order valence-corrected chi connectivity index (χ1v) is 32.7. The second kappa shape index (κ2) is 61.7. The molecule has 0 rings (SSSR count). The van der Waals surface area contributed by atoms with Crippen LogP contribution in [0.2, 0.25) is 0 Å². The van der Waals surface area contributed by atoms with Crippen LogP contribution in [0.1, 0.15) is 374 Å². The van der Waals surface area contributed by atoms with Crippen LogP contribution in [0.5, 0.6) is 0 Å². The first kappa shape index (κ1) is 70.1. The summed E-state index contributed by atoms with van der Waals surface area (Å²) in [4.78, 5) is 38.3. The van der Waals surface area contributed by atoms with Gasteiger partial charge in [-0.1, -0.05) is 322 Å². The lowest BCUT2D eigenvalue weighted by Gasteiger charge is -2.18. The Bertz CT molecular complexity index is 1120. The highest BCUT2D eigenvalue weighted by molar-refractivity contribution is 5.71. The predicted octanol–water partition coefficient (Wildman–Crippen LogP) is 22.1. The molecule has 0 saturated carbocycles. The van der Waals surface area contributed by atoms with Crippen LogP contribution in [0, 0.1) is 0 Å². The zero-order valence-corrected chi connectivity index (χ0v) is 49.0. The molecule has 1 atom stereocenters. The van der Waals surface area contributed by atoms with Gasteiger partial charge in [0.05, 0.1) is 0 Å². The van der Waals surface area contributed by atoms with Crippen LogP contribution in [0.4, 0.5) is 0 Å². The van der Waals surface area contributed by atoms with Crippen molar-refractivity contribution in [1.29, 1.82) is 0 Å². The molecule has 0 bridgehead atoms. The van der Waals surface area contributed by atoms with E-state index in [1.807, 2.05) is 0 Å². The molecule has 0 spiro atoms. The number of ether oxygens (including phenoxy) is 3. The summed E-state index contributed by atoms with van der Waals surface area (Å²) < 4.78 is 17.0. The summed E-state index contributed by atoms with van der Waals surface area (Å²) in [5, 5.41) is 0. The third-order valence-corrected chi connectivity index (χ3v) is 15.0. The van der Waals surface area contributed by atoms with Gasteiger partial charge in [0, 0.05) is 19.3 Å². The zero-order valence-electron chi connectivity index (χ0n) is 49.0. The molecule has 0 N–H and O–H groups in total. The van der Waals surface area contributed by atoms with Crippen LogP contribution < -0.4 is 0 Å². The molecule has 0 heterocycles. The molecule has 0 saturated heterocycles. The molecule has 0 aromatic heterocycles. The van der Waals surface area contributed by atoms with Gasteiger partial charge in [-0.05, 0) is 44.9 Å². The van der Waals surface area contributed by atoms with Crippen LogP contribution >= 0.6 is 0 Å². The summed E-state index contributed by atoms with van der Waals surface area (Å²) in [6.07, 6.45) is 72.2. The Hall–Kier alpha value is -1.85. The highest BCUT2D eigenvalue weighted by Crippen LogP contribution is 2.18. The molecule has 0 aliphatic carbocycles. The van der Waals surface area contributed by atoms with Crippen molar-refractivity contribution in [2.45, 2.75) is 380 Å². The summed E-state index contributed by atoms with van der Waals surface area (Å²) in [5.41, 5.74) is 0. The van der Waals surface area contributed by atoms with Gasteiger partial charge >= 0.3 is 17.9 Å². The SMILES string of the molecule is CCCCCCCCCC/C=C\CCCCCCCCCCCCCC(=O)OCC(COC(=O)CCCCCCCCCCCCCCC)OC(=O)CCCCCCCCCCCCCCCCCCCC. The fourth-order valence-electron chi connectivity index (χ4n) is 10.1.